The molecule has 0 heterocycles. The minimum absolute atomic E-state index is 0.0236. The molecular weight excluding hydrogens is 295 g/mol. The van der Waals surface area contributed by atoms with Gasteiger partial charge in [-0.05, 0) is 36.4 Å². The first-order valence-electron chi connectivity index (χ1n) is 6.47. The second kappa shape index (κ2) is 6.51. The molecule has 0 saturated heterocycles. The minimum atomic E-state index is -4.37. The molecule has 6 heteroatoms. The maximum absolute atomic E-state index is 12.4. The van der Waals surface area contributed by atoms with Crippen molar-refractivity contribution in [2.24, 2.45) is 0 Å². The average Bonchev–Trinajstić information content (AvgIpc) is 2.47. The van der Waals surface area contributed by atoms with Gasteiger partial charge >= 0.3 is 6.18 Å². The Morgan fingerprint density at radius 3 is 2.14 bits per heavy atom. The third-order valence-electron chi connectivity index (χ3n) is 3.03. The maximum atomic E-state index is 12.4. The number of methoxy groups -OCH3 is 1. The Hall–Kier alpha value is -2.50. The molecule has 0 N–H and O–H groups in total. The van der Waals surface area contributed by atoms with Crippen molar-refractivity contribution >= 4 is 6.21 Å². The van der Waals surface area contributed by atoms with Gasteiger partial charge in [0.25, 0.3) is 0 Å². The molecule has 22 heavy (non-hydrogen) atoms. The number of rotatable bonds is 4. The quantitative estimate of drug-likeness (QED) is 0.372. The van der Waals surface area contributed by atoms with E-state index in [1.807, 2.05) is 0 Å². The van der Waals surface area contributed by atoms with Crippen molar-refractivity contribution < 1.29 is 22.6 Å². The van der Waals surface area contributed by atoms with Crippen molar-refractivity contribution in [1.82, 2.24) is 0 Å². The zero-order valence-corrected chi connectivity index (χ0v) is 11.8. The zero-order chi connectivity index (χ0) is 16.2. The van der Waals surface area contributed by atoms with Gasteiger partial charge in [-0.15, -0.1) is 0 Å². The van der Waals surface area contributed by atoms with Gasteiger partial charge in [0.15, 0.2) is 12.8 Å². The van der Waals surface area contributed by atoms with Crippen LogP contribution in [0.15, 0.2) is 48.5 Å². The first-order valence-corrected chi connectivity index (χ1v) is 6.47. The Bertz CT molecular complexity index is 647. The van der Waals surface area contributed by atoms with Crippen molar-refractivity contribution in [3.8, 4) is 5.75 Å². The van der Waals surface area contributed by atoms with E-state index in [9.17, 15) is 18.4 Å². The van der Waals surface area contributed by atoms with E-state index in [-0.39, 0.29) is 6.54 Å². The molecule has 0 aliphatic carbocycles. The number of hydrogen-bond donors (Lipinski definition) is 0. The van der Waals surface area contributed by atoms with Gasteiger partial charge in [0.1, 0.15) is 5.75 Å². The number of alkyl halides is 3. The summed E-state index contributed by atoms with van der Waals surface area (Å²) in [6.45, 7) is -0.0236. The highest BCUT2D eigenvalue weighted by atomic mass is 19.4. The maximum Gasteiger partial charge on any atom is 0.416 e. The van der Waals surface area contributed by atoms with Gasteiger partial charge in [0.2, 0.25) is 0 Å². The fraction of sp³-hybridized carbons (Fsp3) is 0.188. The van der Waals surface area contributed by atoms with E-state index in [4.69, 9.17) is 4.74 Å². The summed E-state index contributed by atoms with van der Waals surface area (Å²) in [7, 11) is 1.54. The van der Waals surface area contributed by atoms with Crippen molar-refractivity contribution in [3.05, 3.63) is 70.4 Å². The molecule has 0 bridgehead atoms. The molecule has 0 amide bonds. The molecule has 2 aromatic carbocycles. The normalized spacial score (nSPS) is 12.3. The molecule has 116 valence electrons. The van der Waals surface area contributed by atoms with Crippen LogP contribution in [0.25, 0.3) is 0 Å². The molecule has 0 atom stereocenters. The third-order valence-corrected chi connectivity index (χ3v) is 3.03. The van der Waals surface area contributed by atoms with Crippen LogP contribution in [0.3, 0.4) is 0 Å². The number of hydrogen-bond acceptors (Lipinski definition) is 2. The highest BCUT2D eigenvalue weighted by Crippen LogP contribution is 2.29. The molecule has 0 aliphatic rings. The predicted molar refractivity (Wildman–Crippen MR) is 76.9 cm³/mol. The summed E-state index contributed by atoms with van der Waals surface area (Å²) in [5.74, 6) is 0.678. The lowest BCUT2D eigenvalue weighted by Gasteiger charge is -2.08. The van der Waals surface area contributed by atoms with Crippen LogP contribution in [0.1, 0.15) is 16.7 Å². The van der Waals surface area contributed by atoms with Gasteiger partial charge < -0.3 is 9.94 Å². The lowest BCUT2D eigenvalue weighted by atomic mass is 10.1. The Morgan fingerprint density at radius 2 is 1.64 bits per heavy atom. The second-order valence-electron chi connectivity index (χ2n) is 4.67. The summed E-state index contributed by atoms with van der Waals surface area (Å²) in [6.07, 6.45) is -3.00. The Balaban J connectivity index is 2.07. The number of benzene rings is 2. The topological polar surface area (TPSA) is 35.3 Å². The molecule has 2 aromatic rings. The van der Waals surface area contributed by atoms with Gasteiger partial charge in [0, 0.05) is 11.1 Å². The fourth-order valence-electron chi connectivity index (χ4n) is 1.88. The molecular formula is C16H14F3NO2. The number of nitrogens with zero attached hydrogens (tertiary/aromatic N) is 1. The van der Waals surface area contributed by atoms with E-state index in [1.165, 1.54) is 18.3 Å². The van der Waals surface area contributed by atoms with Gasteiger partial charge in [0.05, 0.1) is 12.7 Å². The predicted octanol–water partition coefficient (Wildman–Crippen LogP) is 3.84. The monoisotopic (exact) mass is 309 g/mol. The number of halogens is 3. The molecule has 0 unspecified atom stereocenters. The lowest BCUT2D eigenvalue weighted by Crippen LogP contribution is -2.07. The molecule has 0 saturated carbocycles. The zero-order valence-electron chi connectivity index (χ0n) is 11.8. The van der Waals surface area contributed by atoms with Crippen LogP contribution in [-0.4, -0.2) is 18.1 Å². The van der Waals surface area contributed by atoms with E-state index in [1.54, 1.807) is 31.4 Å². The second-order valence-corrected chi connectivity index (χ2v) is 4.67. The molecule has 0 radical (unpaired) electrons. The van der Waals surface area contributed by atoms with Crippen LogP contribution in [0, 0.1) is 5.21 Å². The fourth-order valence-corrected chi connectivity index (χ4v) is 1.88. The first-order chi connectivity index (χ1) is 10.4. The Kier molecular flexibility index (Phi) is 4.70. The summed E-state index contributed by atoms with van der Waals surface area (Å²) in [4.78, 5) is 0. The number of hydroxylamine groups is 1. The van der Waals surface area contributed by atoms with Crippen LogP contribution >= 0.6 is 0 Å². The van der Waals surface area contributed by atoms with Crippen LogP contribution in [0.5, 0.6) is 5.75 Å². The molecule has 0 spiro atoms. The van der Waals surface area contributed by atoms with Crippen LogP contribution in [-0.2, 0) is 12.7 Å². The summed E-state index contributed by atoms with van der Waals surface area (Å²) in [5.41, 5.74) is 0.461. The summed E-state index contributed by atoms with van der Waals surface area (Å²) >= 11 is 0. The van der Waals surface area contributed by atoms with Crippen LogP contribution in [0.4, 0.5) is 13.2 Å². The Morgan fingerprint density at radius 1 is 1.05 bits per heavy atom. The van der Waals surface area contributed by atoms with E-state index in [2.05, 4.69) is 0 Å². The van der Waals surface area contributed by atoms with Crippen molar-refractivity contribution in [2.75, 3.05) is 7.11 Å². The molecule has 0 aliphatic heterocycles. The first kappa shape index (κ1) is 15.9. The van der Waals surface area contributed by atoms with E-state index in [0.717, 1.165) is 12.1 Å². The smallest absolute Gasteiger partial charge is 0.416 e. The van der Waals surface area contributed by atoms with Gasteiger partial charge in [-0.1, -0.05) is 12.1 Å². The standard InChI is InChI=1S/C16H14F3NO2/c1-22-15-8-4-13(5-9-15)11-20(21)10-12-2-6-14(7-3-12)16(17,18)19/h2-9,11H,10H2,1H3/b20-11-. The van der Waals surface area contributed by atoms with Gasteiger partial charge in [-0.25, -0.2) is 4.74 Å². The van der Waals surface area contributed by atoms with Gasteiger partial charge in [-0.2, -0.15) is 13.2 Å². The largest absolute Gasteiger partial charge is 0.624 e. The van der Waals surface area contributed by atoms with E-state index < -0.39 is 11.7 Å². The highest BCUT2D eigenvalue weighted by molar-refractivity contribution is 5.75. The average molecular weight is 309 g/mol. The lowest BCUT2D eigenvalue weighted by molar-refractivity contribution is -0.469. The van der Waals surface area contributed by atoms with Crippen molar-refractivity contribution in [1.29, 1.82) is 0 Å². The van der Waals surface area contributed by atoms with Gasteiger partial charge in [-0.3, -0.25) is 0 Å². The van der Waals surface area contributed by atoms with Crippen LogP contribution in [0.2, 0.25) is 0 Å². The van der Waals surface area contributed by atoms with E-state index in [0.29, 0.717) is 21.6 Å². The number of ether oxygens (including phenoxy) is 1. The summed E-state index contributed by atoms with van der Waals surface area (Å²) < 4.78 is 43.0. The summed E-state index contributed by atoms with van der Waals surface area (Å²) in [5, 5.41) is 11.8. The van der Waals surface area contributed by atoms with Crippen molar-refractivity contribution in [2.45, 2.75) is 12.7 Å². The molecule has 0 aromatic heterocycles. The molecule has 2 rings (SSSR count). The highest BCUT2D eigenvalue weighted by Gasteiger charge is 2.29. The molecule has 3 nitrogen and oxygen atoms in total. The van der Waals surface area contributed by atoms with Crippen LogP contribution < -0.4 is 4.74 Å². The molecule has 0 fully saturated rings. The van der Waals surface area contributed by atoms with E-state index >= 15 is 0 Å². The summed E-state index contributed by atoms with van der Waals surface area (Å²) in [6, 6.07) is 11.4. The third kappa shape index (κ3) is 4.25. The van der Waals surface area contributed by atoms with Crippen molar-refractivity contribution in [3.63, 3.8) is 0 Å². The minimum Gasteiger partial charge on any atom is -0.624 e. The Labute approximate surface area is 125 Å². The SMILES string of the molecule is COc1ccc(/C=[N+](\[O-])Cc2ccc(C(F)(F)F)cc2)cc1.